The van der Waals surface area contributed by atoms with Crippen molar-refractivity contribution in [2.75, 3.05) is 13.7 Å². The average Bonchev–Trinajstić information content (AvgIpc) is 3.08. The van der Waals surface area contributed by atoms with Crippen molar-refractivity contribution in [3.05, 3.63) is 58.4 Å². The number of carbonyl (C=O) groups excluding carboxylic acids is 1. The van der Waals surface area contributed by atoms with Gasteiger partial charge in [-0.3, -0.25) is 14.5 Å². The number of aromatic amines is 1. The number of nitrogens with zero attached hydrogens (tertiary/aromatic N) is 3. The third-order valence-electron chi connectivity index (χ3n) is 5.37. The summed E-state index contributed by atoms with van der Waals surface area (Å²) in [5.41, 5.74) is 4.88. The van der Waals surface area contributed by atoms with Gasteiger partial charge in [0.2, 0.25) is 0 Å². The van der Waals surface area contributed by atoms with Gasteiger partial charge >= 0.3 is 11.7 Å². The van der Waals surface area contributed by atoms with Crippen molar-refractivity contribution in [3.63, 3.8) is 0 Å². The maximum Gasteiger partial charge on any atom is 0.339 e. The van der Waals surface area contributed by atoms with Crippen LogP contribution in [0.15, 0.2) is 41.5 Å². The molecule has 3 aromatic heterocycles. The van der Waals surface area contributed by atoms with Crippen LogP contribution in [0.4, 0.5) is 0 Å². The van der Waals surface area contributed by atoms with Crippen LogP contribution in [-0.4, -0.2) is 45.3 Å². The molecule has 31 heavy (non-hydrogen) atoms. The second kappa shape index (κ2) is 8.31. The molecule has 4 rings (SSSR count). The molecule has 1 atom stereocenters. The van der Waals surface area contributed by atoms with E-state index in [0.29, 0.717) is 18.6 Å². The van der Waals surface area contributed by atoms with Gasteiger partial charge in [-0.15, -0.1) is 0 Å². The number of carbonyl (C=O) groups is 1. The third kappa shape index (κ3) is 3.82. The summed E-state index contributed by atoms with van der Waals surface area (Å²) in [5, 5.41) is 0.820. The Morgan fingerprint density at radius 1 is 1.23 bits per heavy atom. The van der Waals surface area contributed by atoms with E-state index in [0.717, 1.165) is 38.8 Å². The summed E-state index contributed by atoms with van der Waals surface area (Å²) in [5.74, 6) is -0.411. The number of fused-ring (bicyclic) bond motifs is 3. The predicted molar refractivity (Wildman–Crippen MR) is 118 cm³/mol. The molecule has 0 bridgehead atoms. The summed E-state index contributed by atoms with van der Waals surface area (Å²) in [6.45, 7) is 4.03. The molecule has 0 aliphatic heterocycles. The highest BCUT2D eigenvalue weighted by Crippen LogP contribution is 2.29. The average molecular weight is 420 g/mol. The van der Waals surface area contributed by atoms with Gasteiger partial charge in [-0.2, -0.15) is 0 Å². The van der Waals surface area contributed by atoms with E-state index < -0.39 is 5.97 Å². The number of rotatable bonds is 6. The molecule has 160 valence electrons. The van der Waals surface area contributed by atoms with E-state index in [9.17, 15) is 9.59 Å². The Labute approximate surface area is 178 Å². The minimum atomic E-state index is -0.411. The Morgan fingerprint density at radius 2 is 2.03 bits per heavy atom. The topological polar surface area (TPSA) is 99.1 Å². The minimum absolute atomic E-state index is 0.0332. The molecule has 0 amide bonds. The molecule has 0 saturated heterocycles. The molecule has 0 unspecified atom stereocenters. The van der Waals surface area contributed by atoms with Crippen molar-refractivity contribution in [1.82, 2.24) is 19.5 Å². The number of ether oxygens (including phenoxy) is 2. The molecule has 0 radical (unpaired) electrons. The number of H-pyrrole nitrogens is 1. The Bertz CT molecular complexity index is 1340. The number of methoxy groups -OCH3 is 1. The van der Waals surface area contributed by atoms with Crippen molar-refractivity contribution < 1.29 is 14.3 Å². The quantitative estimate of drug-likeness (QED) is 0.481. The molecule has 1 N–H and O–H groups in total. The fraction of sp³-hybridized carbons (Fsp3) is 0.304. The molecule has 3 heterocycles. The number of hydrogen-bond acceptors (Lipinski definition) is 6. The van der Waals surface area contributed by atoms with Crippen LogP contribution in [0.5, 0.6) is 0 Å². The van der Waals surface area contributed by atoms with Crippen molar-refractivity contribution >= 4 is 27.9 Å². The lowest BCUT2D eigenvalue weighted by molar-refractivity contribution is 0.0526. The zero-order valence-corrected chi connectivity index (χ0v) is 17.9. The van der Waals surface area contributed by atoms with Crippen molar-refractivity contribution in [3.8, 4) is 11.1 Å². The summed E-state index contributed by atoms with van der Waals surface area (Å²) >= 11 is 0. The van der Waals surface area contributed by atoms with Crippen molar-refractivity contribution in [1.29, 1.82) is 0 Å². The first-order valence-corrected chi connectivity index (χ1v) is 10.1. The third-order valence-corrected chi connectivity index (χ3v) is 5.37. The Hall–Kier alpha value is -3.52. The maximum atomic E-state index is 12.4. The largest absolute Gasteiger partial charge is 0.462 e. The van der Waals surface area contributed by atoms with Crippen LogP contribution in [0, 0.1) is 0 Å². The zero-order valence-electron chi connectivity index (χ0n) is 17.9. The van der Waals surface area contributed by atoms with Crippen LogP contribution in [0.3, 0.4) is 0 Å². The maximum absolute atomic E-state index is 12.4. The van der Waals surface area contributed by atoms with Crippen molar-refractivity contribution in [2.24, 2.45) is 7.05 Å². The van der Waals surface area contributed by atoms with Gasteiger partial charge in [0.1, 0.15) is 0 Å². The highest BCUT2D eigenvalue weighted by Gasteiger charge is 2.17. The SMILES string of the molecule is CCOC(=O)c1cncc(-c2ccc3nc(C[C@H](C)OC)c4c([nH]c(=O)n4C)c3c2)c1. The van der Waals surface area contributed by atoms with Crippen LogP contribution in [0.2, 0.25) is 0 Å². The first kappa shape index (κ1) is 20.7. The number of hydrogen-bond donors (Lipinski definition) is 1. The van der Waals surface area contributed by atoms with E-state index >= 15 is 0 Å². The van der Waals surface area contributed by atoms with Crippen LogP contribution >= 0.6 is 0 Å². The molecule has 0 saturated carbocycles. The molecular weight excluding hydrogens is 396 g/mol. The number of benzene rings is 1. The summed E-state index contributed by atoms with van der Waals surface area (Å²) in [6.07, 6.45) is 3.73. The molecule has 0 spiro atoms. The minimum Gasteiger partial charge on any atom is -0.462 e. The van der Waals surface area contributed by atoms with E-state index in [1.54, 1.807) is 37.9 Å². The van der Waals surface area contributed by atoms with Crippen LogP contribution in [-0.2, 0) is 22.9 Å². The van der Waals surface area contributed by atoms with Crippen LogP contribution in [0.1, 0.15) is 29.9 Å². The van der Waals surface area contributed by atoms with Gasteiger partial charge in [-0.05, 0) is 37.6 Å². The van der Waals surface area contributed by atoms with E-state index in [1.807, 2.05) is 25.1 Å². The first-order chi connectivity index (χ1) is 14.9. The van der Waals surface area contributed by atoms with Gasteiger partial charge in [0.25, 0.3) is 0 Å². The molecule has 4 aromatic rings. The molecule has 8 nitrogen and oxygen atoms in total. The van der Waals surface area contributed by atoms with Gasteiger partial charge < -0.3 is 14.5 Å². The van der Waals surface area contributed by atoms with Crippen LogP contribution < -0.4 is 5.69 Å². The molecule has 0 aliphatic rings. The fourth-order valence-corrected chi connectivity index (χ4v) is 3.69. The molecule has 1 aromatic carbocycles. The molecule has 0 aliphatic carbocycles. The highest BCUT2D eigenvalue weighted by atomic mass is 16.5. The normalized spacial score (nSPS) is 12.4. The van der Waals surface area contributed by atoms with E-state index in [4.69, 9.17) is 14.5 Å². The van der Waals surface area contributed by atoms with Gasteiger partial charge in [-0.1, -0.05) is 6.07 Å². The standard InChI is InChI=1S/C23H24N4O4/c1-5-31-22(28)16-9-15(11-24-12-16)14-6-7-18-17(10-14)20-21(27(3)23(29)26-20)19(25-18)8-13(2)30-4/h6-7,9-13H,5,8H2,1-4H3,(H,26,29)/t13-/m0/s1. The fourth-order valence-electron chi connectivity index (χ4n) is 3.69. The summed E-state index contributed by atoms with van der Waals surface area (Å²) in [6, 6.07) is 7.54. The van der Waals surface area contributed by atoms with Crippen molar-refractivity contribution in [2.45, 2.75) is 26.4 Å². The van der Waals surface area contributed by atoms with Gasteiger partial charge in [0, 0.05) is 43.9 Å². The van der Waals surface area contributed by atoms with E-state index in [-0.39, 0.29) is 11.8 Å². The van der Waals surface area contributed by atoms with Gasteiger partial charge in [-0.25, -0.2) is 9.59 Å². The Morgan fingerprint density at radius 3 is 2.77 bits per heavy atom. The monoisotopic (exact) mass is 420 g/mol. The Balaban J connectivity index is 1.89. The summed E-state index contributed by atoms with van der Waals surface area (Å²) in [4.78, 5) is 36.5. The van der Waals surface area contributed by atoms with Gasteiger partial charge in [0.05, 0.1) is 40.5 Å². The number of esters is 1. The van der Waals surface area contributed by atoms with Gasteiger partial charge in [0.15, 0.2) is 0 Å². The number of pyridine rings is 2. The molecule has 0 fully saturated rings. The van der Waals surface area contributed by atoms with Crippen LogP contribution in [0.25, 0.3) is 33.1 Å². The lowest BCUT2D eigenvalue weighted by atomic mass is 10.0. The van der Waals surface area contributed by atoms with E-state index in [1.165, 1.54) is 6.20 Å². The lowest BCUT2D eigenvalue weighted by Crippen LogP contribution is -2.15. The molecule has 8 heteroatoms. The first-order valence-electron chi connectivity index (χ1n) is 10.1. The lowest BCUT2D eigenvalue weighted by Gasteiger charge is -2.12. The number of aryl methyl sites for hydroxylation is 1. The predicted octanol–water partition coefficient (Wildman–Crippen LogP) is 3.23. The smallest absolute Gasteiger partial charge is 0.339 e. The second-order valence-electron chi connectivity index (χ2n) is 7.44. The number of imidazole rings is 1. The summed E-state index contributed by atoms with van der Waals surface area (Å²) < 4.78 is 12.1. The summed E-state index contributed by atoms with van der Waals surface area (Å²) in [7, 11) is 3.38. The number of aromatic nitrogens is 4. The zero-order chi connectivity index (χ0) is 22.1. The second-order valence-corrected chi connectivity index (χ2v) is 7.44. The number of nitrogens with one attached hydrogen (secondary N) is 1. The highest BCUT2D eigenvalue weighted by molar-refractivity contribution is 6.04. The van der Waals surface area contributed by atoms with E-state index in [2.05, 4.69) is 9.97 Å². The Kier molecular flexibility index (Phi) is 5.56. The molecular formula is C23H24N4O4.